The third-order valence-corrected chi connectivity index (χ3v) is 5.22. The first kappa shape index (κ1) is 18.6. The lowest BCUT2D eigenvalue weighted by atomic mass is 9.77. The largest absolute Gasteiger partial charge is 0.481 e. The molecule has 2 amide bonds. The smallest absolute Gasteiger partial charge is 0.315 e. The average Bonchev–Trinajstić information content (AvgIpc) is 2.68. The Kier molecular flexibility index (Phi) is 5.26. The molecular formula is C21H22N2O4. The van der Waals surface area contributed by atoms with Gasteiger partial charge in [-0.3, -0.25) is 14.4 Å². The molecule has 3 N–H and O–H groups in total. The van der Waals surface area contributed by atoms with Gasteiger partial charge in [0, 0.05) is 18.7 Å². The second-order valence-corrected chi connectivity index (χ2v) is 6.72. The summed E-state index contributed by atoms with van der Waals surface area (Å²) in [7, 11) is 0. The monoisotopic (exact) mass is 366 g/mol. The maximum Gasteiger partial charge on any atom is 0.315 e. The van der Waals surface area contributed by atoms with E-state index in [4.69, 9.17) is 0 Å². The highest BCUT2D eigenvalue weighted by molar-refractivity contribution is 6.01. The van der Waals surface area contributed by atoms with Crippen LogP contribution in [0.15, 0.2) is 54.6 Å². The van der Waals surface area contributed by atoms with Crippen LogP contribution in [-0.2, 0) is 19.8 Å². The van der Waals surface area contributed by atoms with Gasteiger partial charge in [0.05, 0.1) is 5.92 Å². The number of hydrogen-bond acceptors (Lipinski definition) is 3. The Bertz CT molecular complexity index is 865. The lowest BCUT2D eigenvalue weighted by Gasteiger charge is -2.31. The summed E-state index contributed by atoms with van der Waals surface area (Å²) in [6, 6.07) is 16.1. The predicted molar refractivity (Wildman–Crippen MR) is 101 cm³/mol. The normalized spacial score (nSPS) is 18.0. The van der Waals surface area contributed by atoms with E-state index >= 15 is 0 Å². The van der Waals surface area contributed by atoms with E-state index in [2.05, 4.69) is 10.6 Å². The standard InChI is InChI=1S/C21H22N2O4/c1-2-21(20(26)27,14-8-4-3-5-9-14)13-22-19(25)16-12-18(24)23-17-11-7-6-10-15(16)17/h3-11,16H,2,12-13H2,1H3,(H,22,25)(H,23,24)(H,26,27). The Balaban J connectivity index is 1.83. The molecule has 0 saturated carbocycles. The van der Waals surface area contributed by atoms with E-state index in [0.717, 1.165) is 5.56 Å². The van der Waals surface area contributed by atoms with Gasteiger partial charge in [-0.25, -0.2) is 0 Å². The van der Waals surface area contributed by atoms with Gasteiger partial charge in [-0.2, -0.15) is 0 Å². The molecular weight excluding hydrogens is 344 g/mol. The van der Waals surface area contributed by atoms with Crippen LogP contribution in [0.3, 0.4) is 0 Å². The van der Waals surface area contributed by atoms with E-state index in [9.17, 15) is 19.5 Å². The van der Waals surface area contributed by atoms with Crippen LogP contribution < -0.4 is 10.6 Å². The lowest BCUT2D eigenvalue weighted by Crippen LogP contribution is -2.47. The summed E-state index contributed by atoms with van der Waals surface area (Å²) < 4.78 is 0. The number of hydrogen-bond donors (Lipinski definition) is 3. The van der Waals surface area contributed by atoms with E-state index in [0.29, 0.717) is 17.7 Å². The van der Waals surface area contributed by atoms with Gasteiger partial charge >= 0.3 is 5.97 Å². The molecule has 27 heavy (non-hydrogen) atoms. The SMILES string of the molecule is CCC(CNC(=O)C1CC(=O)Nc2ccccc21)(C(=O)O)c1ccccc1. The Morgan fingerprint density at radius 3 is 2.48 bits per heavy atom. The highest BCUT2D eigenvalue weighted by Crippen LogP contribution is 2.33. The number of carbonyl (C=O) groups excluding carboxylic acids is 2. The van der Waals surface area contributed by atoms with Gasteiger partial charge in [-0.1, -0.05) is 55.5 Å². The summed E-state index contributed by atoms with van der Waals surface area (Å²) in [6.07, 6.45) is 0.370. The van der Waals surface area contributed by atoms with Crippen LogP contribution in [0, 0.1) is 0 Å². The number of aliphatic carboxylic acids is 1. The highest BCUT2D eigenvalue weighted by Gasteiger charge is 2.40. The molecule has 2 aromatic rings. The minimum absolute atomic E-state index is 0.0397. The molecule has 6 heteroatoms. The maximum atomic E-state index is 12.8. The minimum Gasteiger partial charge on any atom is -0.481 e. The third-order valence-electron chi connectivity index (χ3n) is 5.22. The molecule has 2 aromatic carbocycles. The molecule has 0 radical (unpaired) electrons. The lowest BCUT2D eigenvalue weighted by molar-refractivity contribution is -0.144. The second kappa shape index (κ2) is 7.61. The molecule has 0 saturated heterocycles. The average molecular weight is 366 g/mol. The number of carboxylic acid groups (broad SMARTS) is 1. The zero-order valence-electron chi connectivity index (χ0n) is 15.1. The number of benzene rings is 2. The van der Waals surface area contributed by atoms with Gasteiger partial charge in [0.1, 0.15) is 5.41 Å². The molecule has 2 atom stereocenters. The first-order valence-electron chi connectivity index (χ1n) is 8.93. The molecule has 1 aliphatic rings. The van der Waals surface area contributed by atoms with Crippen molar-refractivity contribution in [3.8, 4) is 0 Å². The molecule has 0 spiro atoms. The molecule has 6 nitrogen and oxygen atoms in total. The summed E-state index contributed by atoms with van der Waals surface area (Å²) in [5.41, 5.74) is 0.790. The number of carboxylic acids is 1. The first-order valence-corrected chi connectivity index (χ1v) is 8.93. The third kappa shape index (κ3) is 3.56. The number of amides is 2. The molecule has 0 fully saturated rings. The van der Waals surface area contributed by atoms with Gasteiger partial charge in [0.25, 0.3) is 0 Å². The molecule has 140 valence electrons. The van der Waals surface area contributed by atoms with Crippen LogP contribution in [0.1, 0.15) is 36.8 Å². The molecule has 0 aromatic heterocycles. The predicted octanol–water partition coefficient (Wildman–Crippen LogP) is 2.66. The van der Waals surface area contributed by atoms with Gasteiger partial charge in [-0.15, -0.1) is 0 Å². The second-order valence-electron chi connectivity index (χ2n) is 6.72. The fraction of sp³-hybridized carbons (Fsp3) is 0.286. The number of para-hydroxylation sites is 1. The van der Waals surface area contributed by atoms with Crippen LogP contribution in [0.5, 0.6) is 0 Å². The Hall–Kier alpha value is -3.15. The molecule has 1 heterocycles. The van der Waals surface area contributed by atoms with Gasteiger partial charge < -0.3 is 15.7 Å². The van der Waals surface area contributed by atoms with Crippen LogP contribution in [0.2, 0.25) is 0 Å². The van der Waals surface area contributed by atoms with Crippen molar-refractivity contribution >= 4 is 23.5 Å². The Morgan fingerprint density at radius 2 is 1.81 bits per heavy atom. The number of fused-ring (bicyclic) bond motifs is 1. The van der Waals surface area contributed by atoms with Gasteiger partial charge in [0.15, 0.2) is 0 Å². The molecule has 3 rings (SSSR count). The minimum atomic E-state index is -1.21. The van der Waals surface area contributed by atoms with E-state index in [1.165, 1.54) is 0 Å². The van der Waals surface area contributed by atoms with Crippen molar-refractivity contribution in [3.05, 3.63) is 65.7 Å². The number of nitrogens with one attached hydrogen (secondary N) is 2. The Morgan fingerprint density at radius 1 is 1.15 bits per heavy atom. The summed E-state index contributed by atoms with van der Waals surface area (Å²) in [6.45, 7) is 1.75. The fourth-order valence-corrected chi connectivity index (χ4v) is 3.55. The molecule has 2 unspecified atom stereocenters. The van der Waals surface area contributed by atoms with Crippen molar-refractivity contribution in [2.24, 2.45) is 0 Å². The van der Waals surface area contributed by atoms with E-state index < -0.39 is 17.3 Å². The van der Waals surface area contributed by atoms with Crippen LogP contribution in [0.25, 0.3) is 0 Å². The van der Waals surface area contributed by atoms with Crippen LogP contribution in [0.4, 0.5) is 5.69 Å². The van der Waals surface area contributed by atoms with Crippen molar-refractivity contribution in [3.63, 3.8) is 0 Å². The summed E-state index contributed by atoms with van der Waals surface area (Å²) in [5.74, 6) is -2.18. The number of carbonyl (C=O) groups is 3. The van der Waals surface area contributed by atoms with E-state index in [-0.39, 0.29) is 24.8 Å². The van der Waals surface area contributed by atoms with Gasteiger partial charge in [-0.05, 0) is 23.6 Å². The Labute approximate surface area is 157 Å². The molecule has 0 aliphatic carbocycles. The van der Waals surface area contributed by atoms with Crippen molar-refractivity contribution in [2.75, 3.05) is 11.9 Å². The quantitative estimate of drug-likeness (QED) is 0.732. The number of anilines is 1. The number of rotatable bonds is 6. The summed E-state index contributed by atoms with van der Waals surface area (Å²) in [4.78, 5) is 36.9. The fourth-order valence-electron chi connectivity index (χ4n) is 3.55. The molecule has 1 aliphatic heterocycles. The van der Waals surface area contributed by atoms with Crippen molar-refractivity contribution in [2.45, 2.75) is 31.1 Å². The van der Waals surface area contributed by atoms with E-state index in [1.807, 2.05) is 12.1 Å². The molecule has 0 bridgehead atoms. The maximum absolute atomic E-state index is 12.8. The van der Waals surface area contributed by atoms with Crippen LogP contribution >= 0.6 is 0 Å². The summed E-state index contributed by atoms with van der Waals surface area (Å²) >= 11 is 0. The van der Waals surface area contributed by atoms with Crippen molar-refractivity contribution < 1.29 is 19.5 Å². The van der Waals surface area contributed by atoms with E-state index in [1.54, 1.807) is 49.4 Å². The van der Waals surface area contributed by atoms with Crippen molar-refractivity contribution in [1.29, 1.82) is 0 Å². The van der Waals surface area contributed by atoms with Crippen LogP contribution in [-0.4, -0.2) is 29.4 Å². The van der Waals surface area contributed by atoms with Gasteiger partial charge in [0.2, 0.25) is 11.8 Å². The topological polar surface area (TPSA) is 95.5 Å². The zero-order valence-corrected chi connectivity index (χ0v) is 15.1. The zero-order chi connectivity index (χ0) is 19.4. The first-order chi connectivity index (χ1) is 13.0. The highest BCUT2D eigenvalue weighted by atomic mass is 16.4. The van der Waals surface area contributed by atoms with Crippen molar-refractivity contribution in [1.82, 2.24) is 5.32 Å². The summed E-state index contributed by atoms with van der Waals surface area (Å²) in [5, 5.41) is 15.4.